The van der Waals surface area contributed by atoms with Crippen LogP contribution >= 0.6 is 11.8 Å². The lowest BCUT2D eigenvalue weighted by Crippen LogP contribution is -2.22. The molecule has 0 saturated carbocycles. The molecular formula is C23H22N4O4S. The smallest absolute Gasteiger partial charge is 0.251 e. The molecule has 2 aromatic heterocycles. The van der Waals surface area contributed by atoms with Gasteiger partial charge in [0.15, 0.2) is 5.82 Å². The lowest BCUT2D eigenvalue weighted by Gasteiger charge is -2.07. The fourth-order valence-electron chi connectivity index (χ4n) is 3.06. The van der Waals surface area contributed by atoms with E-state index in [0.29, 0.717) is 46.1 Å². The predicted octanol–water partition coefficient (Wildman–Crippen LogP) is 4.30. The summed E-state index contributed by atoms with van der Waals surface area (Å²) in [5, 5.41) is 10.7. The van der Waals surface area contributed by atoms with Gasteiger partial charge in [0, 0.05) is 17.4 Å². The van der Waals surface area contributed by atoms with Gasteiger partial charge in [-0.2, -0.15) is 0 Å². The minimum atomic E-state index is -0.153. The summed E-state index contributed by atoms with van der Waals surface area (Å²) in [7, 11) is 3.21. The molecule has 0 bridgehead atoms. The Bertz CT molecular complexity index is 1190. The number of H-pyrrole nitrogens is 1. The van der Waals surface area contributed by atoms with Crippen molar-refractivity contribution in [1.82, 2.24) is 20.5 Å². The van der Waals surface area contributed by atoms with Crippen molar-refractivity contribution in [3.63, 3.8) is 0 Å². The summed E-state index contributed by atoms with van der Waals surface area (Å²) >= 11 is 1.48. The van der Waals surface area contributed by atoms with Crippen LogP contribution < -0.4 is 14.8 Å². The second kappa shape index (κ2) is 10.1. The number of aromatic amines is 1. The average Bonchev–Trinajstić information content (AvgIpc) is 3.53. The number of methoxy groups -OCH3 is 2. The molecule has 0 fully saturated rings. The number of hydrogen-bond donors (Lipinski definition) is 2. The highest BCUT2D eigenvalue weighted by molar-refractivity contribution is 7.98. The van der Waals surface area contributed by atoms with E-state index in [1.165, 1.54) is 11.8 Å². The predicted molar refractivity (Wildman–Crippen MR) is 121 cm³/mol. The first-order valence-electron chi connectivity index (χ1n) is 9.83. The number of aromatic nitrogens is 3. The number of ether oxygens (including phenoxy) is 2. The molecular weight excluding hydrogens is 428 g/mol. The molecule has 9 heteroatoms. The van der Waals surface area contributed by atoms with Crippen LogP contribution in [0.4, 0.5) is 0 Å². The number of nitrogens with zero attached hydrogens (tertiary/aromatic N) is 2. The Morgan fingerprint density at radius 3 is 2.81 bits per heavy atom. The Kier molecular flexibility index (Phi) is 6.76. The molecule has 0 aliphatic heterocycles. The highest BCUT2D eigenvalue weighted by Crippen LogP contribution is 2.32. The van der Waals surface area contributed by atoms with Gasteiger partial charge in [-0.05, 0) is 42.0 Å². The second-order valence-corrected chi connectivity index (χ2v) is 7.73. The fourth-order valence-corrected chi connectivity index (χ4v) is 3.80. The van der Waals surface area contributed by atoms with Crippen molar-refractivity contribution in [3.05, 3.63) is 77.7 Å². The molecule has 164 valence electrons. The number of nitrogens with one attached hydrogen (secondary N) is 2. The van der Waals surface area contributed by atoms with E-state index in [4.69, 9.17) is 13.9 Å². The topological polar surface area (TPSA) is 102 Å². The van der Waals surface area contributed by atoms with Crippen molar-refractivity contribution >= 4 is 17.7 Å². The Hall–Kier alpha value is -3.72. The van der Waals surface area contributed by atoms with Crippen LogP contribution in [0.15, 0.2) is 70.4 Å². The van der Waals surface area contributed by atoms with Crippen LogP contribution in [0.1, 0.15) is 21.7 Å². The quantitative estimate of drug-likeness (QED) is 0.367. The van der Waals surface area contributed by atoms with Crippen LogP contribution in [-0.4, -0.2) is 35.3 Å². The molecule has 2 heterocycles. The highest BCUT2D eigenvalue weighted by atomic mass is 32.2. The van der Waals surface area contributed by atoms with Crippen LogP contribution in [0, 0.1) is 0 Å². The fraction of sp³-hybridized carbons (Fsp3) is 0.174. The van der Waals surface area contributed by atoms with Gasteiger partial charge in [0.05, 0.1) is 32.6 Å². The number of rotatable bonds is 9. The zero-order valence-corrected chi connectivity index (χ0v) is 18.4. The van der Waals surface area contributed by atoms with Crippen molar-refractivity contribution in [2.24, 2.45) is 0 Å². The lowest BCUT2D eigenvalue weighted by atomic mass is 10.1. The van der Waals surface area contributed by atoms with Gasteiger partial charge in [-0.15, -0.1) is 5.10 Å². The summed E-state index contributed by atoms with van der Waals surface area (Å²) in [5.74, 6) is 3.13. The molecule has 0 aliphatic carbocycles. The maximum Gasteiger partial charge on any atom is 0.251 e. The first-order valence-corrected chi connectivity index (χ1v) is 10.8. The normalized spacial score (nSPS) is 10.7. The Balaban J connectivity index is 1.39. The molecule has 8 nitrogen and oxygen atoms in total. The van der Waals surface area contributed by atoms with Gasteiger partial charge in [0.1, 0.15) is 17.3 Å². The SMILES string of the molecule is COc1ccc(-c2nc(SCc3cccc(C(=O)NCc4ccco4)c3)n[nH]2)c(OC)c1. The van der Waals surface area contributed by atoms with Crippen molar-refractivity contribution in [1.29, 1.82) is 0 Å². The minimum Gasteiger partial charge on any atom is -0.497 e. The largest absolute Gasteiger partial charge is 0.497 e. The summed E-state index contributed by atoms with van der Waals surface area (Å²) in [5.41, 5.74) is 2.38. The van der Waals surface area contributed by atoms with E-state index in [1.807, 2.05) is 36.4 Å². The minimum absolute atomic E-state index is 0.153. The van der Waals surface area contributed by atoms with Crippen molar-refractivity contribution in [2.75, 3.05) is 14.2 Å². The Labute approximate surface area is 189 Å². The summed E-state index contributed by atoms with van der Waals surface area (Å²) in [6, 6.07) is 16.6. The van der Waals surface area contributed by atoms with Crippen LogP contribution in [0.3, 0.4) is 0 Å². The van der Waals surface area contributed by atoms with Crippen LogP contribution in [0.2, 0.25) is 0 Å². The summed E-state index contributed by atoms with van der Waals surface area (Å²) < 4.78 is 15.9. The van der Waals surface area contributed by atoms with E-state index >= 15 is 0 Å². The molecule has 4 rings (SSSR count). The standard InChI is InChI=1S/C23H22N4O4S/c1-29-17-8-9-19(20(12-17)30-2)21-25-23(27-26-21)32-14-15-5-3-6-16(11-15)22(28)24-13-18-7-4-10-31-18/h3-12H,13-14H2,1-2H3,(H,24,28)(H,25,26,27). The van der Waals surface area contributed by atoms with Gasteiger partial charge in [-0.3, -0.25) is 9.89 Å². The Morgan fingerprint density at radius 1 is 1.12 bits per heavy atom. The third-order valence-corrected chi connectivity index (χ3v) is 5.61. The number of hydrogen-bond acceptors (Lipinski definition) is 7. The number of carbonyl (C=O) groups excluding carboxylic acids is 1. The van der Waals surface area contributed by atoms with Gasteiger partial charge in [-0.1, -0.05) is 23.9 Å². The number of amides is 1. The van der Waals surface area contributed by atoms with Crippen LogP contribution in [0.5, 0.6) is 11.5 Å². The van der Waals surface area contributed by atoms with Gasteiger partial charge >= 0.3 is 0 Å². The molecule has 0 saturated heterocycles. The molecule has 0 radical (unpaired) electrons. The maximum atomic E-state index is 12.4. The molecule has 32 heavy (non-hydrogen) atoms. The second-order valence-electron chi connectivity index (χ2n) is 6.78. The summed E-state index contributed by atoms with van der Waals surface area (Å²) in [6.45, 7) is 0.347. The van der Waals surface area contributed by atoms with E-state index in [2.05, 4.69) is 20.5 Å². The molecule has 0 unspecified atom stereocenters. The number of benzene rings is 2. The molecule has 0 atom stereocenters. The molecule has 2 aromatic carbocycles. The van der Waals surface area contributed by atoms with Crippen molar-refractivity contribution < 1.29 is 18.7 Å². The zero-order chi connectivity index (χ0) is 22.3. The number of thioether (sulfide) groups is 1. The molecule has 0 spiro atoms. The average molecular weight is 451 g/mol. The Morgan fingerprint density at radius 2 is 2.03 bits per heavy atom. The third kappa shape index (κ3) is 5.12. The monoisotopic (exact) mass is 450 g/mol. The molecule has 1 amide bonds. The number of furan rings is 1. The van der Waals surface area contributed by atoms with E-state index in [0.717, 1.165) is 11.1 Å². The first kappa shape index (κ1) is 21.5. The van der Waals surface area contributed by atoms with Gasteiger partial charge in [0.25, 0.3) is 5.91 Å². The maximum absolute atomic E-state index is 12.4. The third-order valence-electron chi connectivity index (χ3n) is 4.69. The summed E-state index contributed by atoms with van der Waals surface area (Å²) in [6.07, 6.45) is 1.58. The number of carbonyl (C=O) groups is 1. The molecule has 0 aliphatic rings. The zero-order valence-electron chi connectivity index (χ0n) is 17.6. The van der Waals surface area contributed by atoms with Gasteiger partial charge < -0.3 is 19.2 Å². The van der Waals surface area contributed by atoms with Crippen molar-refractivity contribution in [3.8, 4) is 22.9 Å². The highest BCUT2D eigenvalue weighted by Gasteiger charge is 2.13. The lowest BCUT2D eigenvalue weighted by molar-refractivity contribution is 0.0948. The van der Waals surface area contributed by atoms with E-state index in [-0.39, 0.29) is 5.91 Å². The van der Waals surface area contributed by atoms with E-state index in [9.17, 15) is 4.79 Å². The van der Waals surface area contributed by atoms with E-state index < -0.39 is 0 Å². The molecule has 2 N–H and O–H groups in total. The first-order chi connectivity index (χ1) is 15.7. The van der Waals surface area contributed by atoms with Crippen molar-refractivity contribution in [2.45, 2.75) is 17.5 Å². The van der Waals surface area contributed by atoms with E-state index in [1.54, 1.807) is 38.7 Å². The van der Waals surface area contributed by atoms with Crippen LogP contribution in [0.25, 0.3) is 11.4 Å². The van der Waals surface area contributed by atoms with Gasteiger partial charge in [0.2, 0.25) is 5.16 Å². The van der Waals surface area contributed by atoms with Gasteiger partial charge in [-0.25, -0.2) is 4.98 Å². The van der Waals surface area contributed by atoms with Crippen LogP contribution in [-0.2, 0) is 12.3 Å². The molecule has 4 aromatic rings. The summed E-state index contributed by atoms with van der Waals surface area (Å²) in [4.78, 5) is 17.0.